The number of rotatable bonds is 4. The van der Waals surface area contributed by atoms with E-state index in [1.54, 1.807) is 4.90 Å². The van der Waals surface area contributed by atoms with E-state index in [1.165, 1.54) is 0 Å². The number of nitrogens with zero attached hydrogens (tertiary/aromatic N) is 1. The van der Waals surface area contributed by atoms with Crippen LogP contribution >= 0.6 is 0 Å². The molecule has 1 amide bonds. The van der Waals surface area contributed by atoms with Gasteiger partial charge in [-0.25, -0.2) is 0 Å². The number of likely N-dealkylation sites (tertiary alicyclic amines) is 1. The van der Waals surface area contributed by atoms with Crippen LogP contribution in [0.15, 0.2) is 0 Å². The molecular weight excluding hydrogens is 218 g/mol. The van der Waals surface area contributed by atoms with Crippen LogP contribution < -0.4 is 0 Å². The predicted octanol–water partition coefficient (Wildman–Crippen LogP) is 2.13. The molecule has 0 aromatic rings. The maximum absolute atomic E-state index is 12.3. The molecule has 0 saturated carbocycles. The Morgan fingerprint density at radius 3 is 2.41 bits per heavy atom. The molecule has 2 atom stereocenters. The zero-order valence-electron chi connectivity index (χ0n) is 11.0. The Labute approximate surface area is 103 Å². The number of carbonyl (C=O) groups is 2. The minimum atomic E-state index is -0.778. The lowest BCUT2D eigenvalue weighted by Gasteiger charge is -2.39. The molecule has 4 nitrogen and oxygen atoms in total. The predicted molar refractivity (Wildman–Crippen MR) is 65.6 cm³/mol. The summed E-state index contributed by atoms with van der Waals surface area (Å²) in [5, 5.41) is 9.12. The molecule has 0 radical (unpaired) electrons. The van der Waals surface area contributed by atoms with E-state index in [0.29, 0.717) is 13.0 Å². The summed E-state index contributed by atoms with van der Waals surface area (Å²) in [6.07, 6.45) is 3.14. The van der Waals surface area contributed by atoms with Crippen LogP contribution in [0.4, 0.5) is 0 Å². The molecule has 0 aliphatic carbocycles. The van der Waals surface area contributed by atoms with Crippen molar-refractivity contribution in [3.63, 3.8) is 0 Å². The van der Waals surface area contributed by atoms with E-state index in [-0.39, 0.29) is 17.9 Å². The summed E-state index contributed by atoms with van der Waals surface area (Å²) < 4.78 is 0. The highest BCUT2D eigenvalue weighted by Gasteiger charge is 2.36. The average Bonchev–Trinajstić information content (AvgIpc) is 2.30. The minimum absolute atomic E-state index is 0.0463. The van der Waals surface area contributed by atoms with Gasteiger partial charge in [0, 0.05) is 18.5 Å². The van der Waals surface area contributed by atoms with Gasteiger partial charge in [0.1, 0.15) is 0 Å². The fourth-order valence-electron chi connectivity index (χ4n) is 2.66. The van der Waals surface area contributed by atoms with Crippen molar-refractivity contribution in [2.45, 2.75) is 52.5 Å². The summed E-state index contributed by atoms with van der Waals surface area (Å²) in [6.45, 7) is 6.59. The molecule has 1 N–H and O–H groups in total. The Morgan fingerprint density at radius 1 is 1.35 bits per heavy atom. The zero-order chi connectivity index (χ0) is 13.0. The molecule has 1 heterocycles. The topological polar surface area (TPSA) is 57.6 Å². The summed E-state index contributed by atoms with van der Waals surface area (Å²) in [5.74, 6) is -1.000. The van der Waals surface area contributed by atoms with E-state index in [9.17, 15) is 9.59 Å². The van der Waals surface area contributed by atoms with E-state index >= 15 is 0 Å². The minimum Gasteiger partial charge on any atom is -0.481 e. The number of piperidine rings is 1. The van der Waals surface area contributed by atoms with E-state index in [2.05, 4.69) is 0 Å². The number of hydrogen-bond acceptors (Lipinski definition) is 2. The van der Waals surface area contributed by atoms with Gasteiger partial charge in [0.15, 0.2) is 0 Å². The van der Waals surface area contributed by atoms with Crippen LogP contribution in [-0.2, 0) is 9.59 Å². The first-order valence-electron chi connectivity index (χ1n) is 6.56. The summed E-state index contributed by atoms with van der Waals surface area (Å²) in [6, 6.07) is -0.172. The SMILES string of the molecule is CCC(CC)C(=O)N1CCC[C@H](C(=O)O)[C@@H]1C. The number of carboxylic acid groups (broad SMARTS) is 1. The average molecular weight is 241 g/mol. The second-order valence-electron chi connectivity index (χ2n) is 4.87. The van der Waals surface area contributed by atoms with Crippen molar-refractivity contribution >= 4 is 11.9 Å². The summed E-state index contributed by atoms with van der Waals surface area (Å²) in [7, 11) is 0. The molecule has 1 aliphatic rings. The van der Waals surface area contributed by atoms with E-state index < -0.39 is 11.9 Å². The summed E-state index contributed by atoms with van der Waals surface area (Å²) in [5.41, 5.74) is 0. The quantitative estimate of drug-likeness (QED) is 0.820. The molecule has 0 bridgehead atoms. The Bertz CT molecular complexity index is 286. The molecule has 1 aliphatic heterocycles. The first kappa shape index (κ1) is 14.0. The van der Waals surface area contributed by atoms with Crippen molar-refractivity contribution in [1.82, 2.24) is 4.90 Å². The number of carboxylic acids is 1. The first-order chi connectivity index (χ1) is 8.02. The highest BCUT2D eigenvalue weighted by molar-refractivity contribution is 5.80. The first-order valence-corrected chi connectivity index (χ1v) is 6.56. The van der Waals surface area contributed by atoms with Crippen molar-refractivity contribution in [3.8, 4) is 0 Å². The largest absolute Gasteiger partial charge is 0.481 e. The normalized spacial score (nSPS) is 25.1. The molecule has 0 spiro atoms. The van der Waals surface area contributed by atoms with Gasteiger partial charge < -0.3 is 10.0 Å². The number of aliphatic carboxylic acids is 1. The smallest absolute Gasteiger partial charge is 0.308 e. The van der Waals surface area contributed by atoms with Gasteiger partial charge in [-0.15, -0.1) is 0 Å². The molecule has 1 fully saturated rings. The van der Waals surface area contributed by atoms with Crippen LogP contribution in [0, 0.1) is 11.8 Å². The summed E-state index contributed by atoms with van der Waals surface area (Å²) >= 11 is 0. The number of hydrogen-bond donors (Lipinski definition) is 1. The van der Waals surface area contributed by atoms with E-state index in [4.69, 9.17) is 5.11 Å². The number of amides is 1. The summed E-state index contributed by atoms with van der Waals surface area (Å²) in [4.78, 5) is 25.2. The lowest BCUT2D eigenvalue weighted by molar-refractivity contribution is -0.150. The van der Waals surface area contributed by atoms with E-state index in [0.717, 1.165) is 19.3 Å². The molecule has 0 aromatic carbocycles. The monoisotopic (exact) mass is 241 g/mol. The Morgan fingerprint density at radius 2 is 1.94 bits per heavy atom. The van der Waals surface area contributed by atoms with Crippen molar-refractivity contribution in [2.75, 3.05) is 6.54 Å². The van der Waals surface area contributed by atoms with Crippen LogP contribution in [-0.4, -0.2) is 34.5 Å². The molecule has 1 rings (SSSR count). The van der Waals surface area contributed by atoms with Crippen LogP contribution in [0.5, 0.6) is 0 Å². The van der Waals surface area contributed by atoms with Gasteiger partial charge in [-0.05, 0) is 32.6 Å². The van der Waals surface area contributed by atoms with Crippen LogP contribution in [0.1, 0.15) is 46.5 Å². The molecule has 4 heteroatoms. The Kier molecular flexibility index (Phi) is 4.97. The standard InChI is InChI=1S/C13H23NO3/c1-4-10(5-2)12(15)14-8-6-7-11(9(14)3)13(16)17/h9-11H,4-8H2,1-3H3,(H,16,17)/t9-,11-/m0/s1. The molecule has 0 unspecified atom stereocenters. The van der Waals surface area contributed by atoms with Gasteiger partial charge in [-0.1, -0.05) is 13.8 Å². The van der Waals surface area contributed by atoms with Gasteiger partial charge in [-0.3, -0.25) is 9.59 Å². The van der Waals surface area contributed by atoms with Crippen LogP contribution in [0.2, 0.25) is 0 Å². The van der Waals surface area contributed by atoms with Crippen molar-refractivity contribution in [3.05, 3.63) is 0 Å². The van der Waals surface area contributed by atoms with Crippen LogP contribution in [0.3, 0.4) is 0 Å². The van der Waals surface area contributed by atoms with Gasteiger partial charge in [0.25, 0.3) is 0 Å². The van der Waals surface area contributed by atoms with Crippen LogP contribution in [0.25, 0.3) is 0 Å². The number of carbonyl (C=O) groups excluding carboxylic acids is 1. The third-order valence-corrected chi connectivity index (χ3v) is 3.92. The Hall–Kier alpha value is -1.06. The lowest BCUT2D eigenvalue weighted by atomic mass is 9.88. The fourth-order valence-corrected chi connectivity index (χ4v) is 2.66. The maximum atomic E-state index is 12.3. The fraction of sp³-hybridized carbons (Fsp3) is 0.846. The second-order valence-corrected chi connectivity index (χ2v) is 4.87. The van der Waals surface area contributed by atoms with E-state index in [1.807, 2.05) is 20.8 Å². The molecule has 17 heavy (non-hydrogen) atoms. The zero-order valence-corrected chi connectivity index (χ0v) is 11.0. The maximum Gasteiger partial charge on any atom is 0.308 e. The lowest BCUT2D eigenvalue weighted by Crippen LogP contribution is -2.50. The van der Waals surface area contributed by atoms with Gasteiger partial charge in [-0.2, -0.15) is 0 Å². The second kappa shape index (κ2) is 6.03. The Balaban J connectivity index is 2.76. The highest BCUT2D eigenvalue weighted by atomic mass is 16.4. The third kappa shape index (κ3) is 2.99. The molecular formula is C13H23NO3. The highest BCUT2D eigenvalue weighted by Crippen LogP contribution is 2.26. The molecule has 98 valence electrons. The van der Waals surface area contributed by atoms with Gasteiger partial charge in [0.2, 0.25) is 5.91 Å². The van der Waals surface area contributed by atoms with Crippen molar-refractivity contribution in [2.24, 2.45) is 11.8 Å². The van der Waals surface area contributed by atoms with Gasteiger partial charge in [0.05, 0.1) is 5.92 Å². The third-order valence-electron chi connectivity index (χ3n) is 3.92. The van der Waals surface area contributed by atoms with Crippen molar-refractivity contribution < 1.29 is 14.7 Å². The molecule has 1 saturated heterocycles. The molecule has 0 aromatic heterocycles. The van der Waals surface area contributed by atoms with Gasteiger partial charge >= 0.3 is 5.97 Å². The van der Waals surface area contributed by atoms with Crippen molar-refractivity contribution in [1.29, 1.82) is 0 Å².